The molecule has 0 aromatic heterocycles. The van der Waals surface area contributed by atoms with Crippen molar-refractivity contribution < 1.29 is 0 Å². The zero-order chi connectivity index (χ0) is 12.0. The predicted octanol–water partition coefficient (Wildman–Crippen LogP) is 2.89. The molecule has 0 spiro atoms. The van der Waals surface area contributed by atoms with Gasteiger partial charge in [0.15, 0.2) is 0 Å². The normalized spacial score (nSPS) is 23.2. The molecule has 0 aromatic carbocycles. The molecule has 1 rings (SSSR count). The molecule has 2 heteroatoms. The van der Waals surface area contributed by atoms with Crippen molar-refractivity contribution in [3.8, 4) is 0 Å². The third-order valence-electron chi connectivity index (χ3n) is 4.14. The monoisotopic (exact) mass is 226 g/mol. The topological polar surface area (TPSA) is 15.3 Å². The Labute approximate surface area is 102 Å². The molecule has 96 valence electrons. The van der Waals surface area contributed by atoms with Gasteiger partial charge in [-0.1, -0.05) is 27.2 Å². The fourth-order valence-corrected chi connectivity index (χ4v) is 2.52. The van der Waals surface area contributed by atoms with Crippen LogP contribution in [0.2, 0.25) is 0 Å². The minimum absolute atomic E-state index is 0.535. The highest BCUT2D eigenvalue weighted by atomic mass is 15.1. The van der Waals surface area contributed by atoms with Gasteiger partial charge in [-0.2, -0.15) is 0 Å². The van der Waals surface area contributed by atoms with Crippen LogP contribution in [0, 0.1) is 5.41 Å². The number of hydrogen-bond acceptors (Lipinski definition) is 2. The molecule has 1 N–H and O–H groups in total. The zero-order valence-electron chi connectivity index (χ0n) is 11.7. The average molecular weight is 226 g/mol. The van der Waals surface area contributed by atoms with Gasteiger partial charge in [-0.25, -0.2) is 0 Å². The molecule has 0 aromatic rings. The number of hydrogen-bond donors (Lipinski definition) is 1. The Morgan fingerprint density at radius 1 is 1.25 bits per heavy atom. The summed E-state index contributed by atoms with van der Waals surface area (Å²) in [4.78, 5) is 2.45. The van der Waals surface area contributed by atoms with Gasteiger partial charge in [0.05, 0.1) is 0 Å². The molecule has 0 saturated carbocycles. The van der Waals surface area contributed by atoms with E-state index in [1.807, 2.05) is 0 Å². The lowest BCUT2D eigenvalue weighted by Crippen LogP contribution is -2.44. The molecule has 1 heterocycles. The molecule has 1 saturated heterocycles. The summed E-state index contributed by atoms with van der Waals surface area (Å²) in [5, 5.41) is 3.78. The first kappa shape index (κ1) is 14.0. The third-order valence-corrected chi connectivity index (χ3v) is 4.14. The number of nitrogens with one attached hydrogen (secondary N) is 1. The number of piperidine rings is 1. The second kappa shape index (κ2) is 6.61. The summed E-state index contributed by atoms with van der Waals surface area (Å²) in [5.74, 6) is 0. The minimum Gasteiger partial charge on any atom is -0.313 e. The molecular weight excluding hydrogens is 196 g/mol. The lowest BCUT2D eigenvalue weighted by atomic mass is 9.80. The van der Waals surface area contributed by atoms with Gasteiger partial charge in [-0.15, -0.1) is 0 Å². The standard InChI is InChI=1S/C14H30N2/c1-5-7-13(6-2)15-12-14(3)8-10-16(4)11-9-14/h13,15H,5-12H2,1-4H3. The molecule has 1 aliphatic rings. The molecular formula is C14H30N2. The van der Waals surface area contributed by atoms with Crippen LogP contribution in [0.1, 0.15) is 52.9 Å². The van der Waals surface area contributed by atoms with Crippen molar-refractivity contribution in [3.63, 3.8) is 0 Å². The van der Waals surface area contributed by atoms with Crippen LogP contribution in [-0.4, -0.2) is 37.6 Å². The number of likely N-dealkylation sites (tertiary alicyclic amines) is 1. The first-order chi connectivity index (χ1) is 7.59. The van der Waals surface area contributed by atoms with E-state index in [1.165, 1.54) is 51.7 Å². The van der Waals surface area contributed by atoms with Crippen LogP contribution >= 0.6 is 0 Å². The summed E-state index contributed by atoms with van der Waals surface area (Å²) in [6.07, 6.45) is 6.58. The van der Waals surface area contributed by atoms with Gasteiger partial charge in [0.1, 0.15) is 0 Å². The van der Waals surface area contributed by atoms with Crippen molar-refractivity contribution in [2.24, 2.45) is 5.41 Å². The highest BCUT2D eigenvalue weighted by Gasteiger charge is 2.28. The molecule has 16 heavy (non-hydrogen) atoms. The van der Waals surface area contributed by atoms with Crippen LogP contribution in [0.15, 0.2) is 0 Å². The second-order valence-corrected chi connectivity index (χ2v) is 5.89. The Balaban J connectivity index is 2.29. The van der Waals surface area contributed by atoms with E-state index in [9.17, 15) is 0 Å². The summed E-state index contributed by atoms with van der Waals surface area (Å²) >= 11 is 0. The molecule has 0 aliphatic carbocycles. The van der Waals surface area contributed by atoms with E-state index < -0.39 is 0 Å². The van der Waals surface area contributed by atoms with Gasteiger partial charge in [0.25, 0.3) is 0 Å². The van der Waals surface area contributed by atoms with Crippen LogP contribution < -0.4 is 5.32 Å². The van der Waals surface area contributed by atoms with E-state index in [2.05, 4.69) is 38.0 Å². The smallest absolute Gasteiger partial charge is 0.00645 e. The van der Waals surface area contributed by atoms with Crippen molar-refractivity contribution >= 4 is 0 Å². The van der Waals surface area contributed by atoms with Crippen molar-refractivity contribution in [1.29, 1.82) is 0 Å². The Morgan fingerprint density at radius 3 is 2.38 bits per heavy atom. The maximum Gasteiger partial charge on any atom is 0.00645 e. The molecule has 1 aliphatic heterocycles. The molecule has 1 unspecified atom stereocenters. The Morgan fingerprint density at radius 2 is 1.88 bits per heavy atom. The van der Waals surface area contributed by atoms with E-state index in [1.54, 1.807) is 0 Å². The van der Waals surface area contributed by atoms with Gasteiger partial charge in [-0.3, -0.25) is 0 Å². The van der Waals surface area contributed by atoms with Crippen molar-refractivity contribution in [1.82, 2.24) is 10.2 Å². The fraction of sp³-hybridized carbons (Fsp3) is 1.00. The van der Waals surface area contributed by atoms with Crippen molar-refractivity contribution in [3.05, 3.63) is 0 Å². The molecule has 0 radical (unpaired) electrons. The first-order valence-corrected chi connectivity index (χ1v) is 7.01. The largest absolute Gasteiger partial charge is 0.313 e. The number of rotatable bonds is 6. The highest BCUT2D eigenvalue weighted by molar-refractivity contribution is 4.84. The summed E-state index contributed by atoms with van der Waals surface area (Å²) in [5.41, 5.74) is 0.535. The van der Waals surface area contributed by atoms with Crippen LogP contribution in [-0.2, 0) is 0 Å². The average Bonchev–Trinajstić information content (AvgIpc) is 2.29. The van der Waals surface area contributed by atoms with Crippen molar-refractivity contribution in [2.45, 2.75) is 58.9 Å². The lowest BCUT2D eigenvalue weighted by Gasteiger charge is -2.39. The minimum atomic E-state index is 0.535. The maximum atomic E-state index is 3.78. The van der Waals surface area contributed by atoms with E-state index in [-0.39, 0.29) is 0 Å². The fourth-order valence-electron chi connectivity index (χ4n) is 2.52. The first-order valence-electron chi connectivity index (χ1n) is 7.01. The molecule has 1 fully saturated rings. The molecule has 0 bridgehead atoms. The molecule has 2 nitrogen and oxygen atoms in total. The van der Waals surface area contributed by atoms with Gasteiger partial charge in [0, 0.05) is 12.6 Å². The summed E-state index contributed by atoms with van der Waals surface area (Å²) in [7, 11) is 2.24. The Kier molecular flexibility index (Phi) is 5.77. The lowest BCUT2D eigenvalue weighted by molar-refractivity contribution is 0.132. The van der Waals surface area contributed by atoms with E-state index in [4.69, 9.17) is 0 Å². The zero-order valence-corrected chi connectivity index (χ0v) is 11.7. The summed E-state index contributed by atoms with van der Waals surface area (Å²) < 4.78 is 0. The molecule has 1 atom stereocenters. The van der Waals surface area contributed by atoms with E-state index in [0.29, 0.717) is 5.41 Å². The SMILES string of the molecule is CCCC(CC)NCC1(C)CCN(C)CC1. The Hall–Kier alpha value is -0.0800. The van der Waals surface area contributed by atoms with E-state index in [0.717, 1.165) is 6.04 Å². The van der Waals surface area contributed by atoms with Gasteiger partial charge in [0.2, 0.25) is 0 Å². The van der Waals surface area contributed by atoms with Gasteiger partial charge in [-0.05, 0) is 51.2 Å². The number of nitrogens with zero attached hydrogens (tertiary/aromatic N) is 1. The highest BCUT2D eigenvalue weighted by Crippen LogP contribution is 2.29. The van der Waals surface area contributed by atoms with Crippen LogP contribution in [0.5, 0.6) is 0 Å². The summed E-state index contributed by atoms with van der Waals surface area (Å²) in [6, 6.07) is 0.737. The van der Waals surface area contributed by atoms with Crippen LogP contribution in [0.25, 0.3) is 0 Å². The van der Waals surface area contributed by atoms with Gasteiger partial charge < -0.3 is 10.2 Å². The van der Waals surface area contributed by atoms with Crippen molar-refractivity contribution in [2.75, 3.05) is 26.7 Å². The Bertz CT molecular complexity index is 183. The van der Waals surface area contributed by atoms with Crippen LogP contribution in [0.4, 0.5) is 0 Å². The van der Waals surface area contributed by atoms with E-state index >= 15 is 0 Å². The maximum absolute atomic E-state index is 3.78. The third kappa shape index (κ3) is 4.42. The summed E-state index contributed by atoms with van der Waals surface area (Å²) in [6.45, 7) is 10.8. The molecule has 0 amide bonds. The van der Waals surface area contributed by atoms with Gasteiger partial charge >= 0.3 is 0 Å². The predicted molar refractivity (Wildman–Crippen MR) is 71.8 cm³/mol. The second-order valence-electron chi connectivity index (χ2n) is 5.89. The quantitative estimate of drug-likeness (QED) is 0.749. The van der Waals surface area contributed by atoms with Crippen LogP contribution in [0.3, 0.4) is 0 Å².